The number of fused-ring (bicyclic) bond motifs is 1. The third-order valence-electron chi connectivity index (χ3n) is 6.55. The predicted octanol–water partition coefficient (Wildman–Crippen LogP) is 3.91. The van der Waals surface area contributed by atoms with Gasteiger partial charge in [0, 0.05) is 18.0 Å². The van der Waals surface area contributed by atoms with Crippen molar-refractivity contribution in [1.29, 1.82) is 0 Å². The number of benzene rings is 1. The van der Waals surface area contributed by atoms with Gasteiger partial charge in [0.05, 0.1) is 13.7 Å². The lowest BCUT2D eigenvalue weighted by molar-refractivity contribution is -0.0110. The molecule has 1 amide bonds. The van der Waals surface area contributed by atoms with Gasteiger partial charge in [0.25, 0.3) is 0 Å². The predicted molar refractivity (Wildman–Crippen MR) is 92.5 cm³/mol. The highest BCUT2D eigenvalue weighted by Crippen LogP contribution is 2.56. The lowest BCUT2D eigenvalue weighted by Crippen LogP contribution is -2.62. The first-order valence-corrected chi connectivity index (χ1v) is 9.30. The van der Waals surface area contributed by atoms with Crippen LogP contribution in [0.1, 0.15) is 50.2 Å². The molecule has 3 atom stereocenters. The van der Waals surface area contributed by atoms with E-state index in [0.29, 0.717) is 18.6 Å². The number of carbonyl (C=O) groups is 1. The number of methoxy groups -OCH3 is 1. The molecule has 1 saturated heterocycles. The van der Waals surface area contributed by atoms with Crippen molar-refractivity contribution in [3.63, 3.8) is 0 Å². The first-order chi connectivity index (χ1) is 11.7. The van der Waals surface area contributed by atoms with Gasteiger partial charge in [-0.1, -0.05) is 18.9 Å². The van der Waals surface area contributed by atoms with Gasteiger partial charge in [-0.05, 0) is 61.8 Å². The van der Waals surface area contributed by atoms with Gasteiger partial charge < -0.3 is 14.4 Å². The minimum absolute atomic E-state index is 0.126. The van der Waals surface area contributed by atoms with Crippen molar-refractivity contribution in [3.8, 4) is 5.75 Å². The Morgan fingerprint density at radius 1 is 1.33 bits per heavy atom. The van der Waals surface area contributed by atoms with Crippen LogP contribution >= 0.6 is 0 Å². The zero-order valence-electron chi connectivity index (χ0n) is 14.7. The highest BCUT2D eigenvalue weighted by atomic mass is 16.6. The molecule has 130 valence electrons. The molecular formula is C20H27NO3. The molecule has 2 fully saturated rings. The number of piperidine rings is 1. The lowest BCUT2D eigenvalue weighted by Gasteiger charge is -2.58. The molecule has 1 aromatic carbocycles. The fourth-order valence-electron chi connectivity index (χ4n) is 5.54. The van der Waals surface area contributed by atoms with Gasteiger partial charge in [0.15, 0.2) is 0 Å². The van der Waals surface area contributed by atoms with Crippen LogP contribution in [-0.4, -0.2) is 37.3 Å². The number of rotatable bonds is 2. The molecule has 24 heavy (non-hydrogen) atoms. The quantitative estimate of drug-likeness (QED) is 0.826. The van der Waals surface area contributed by atoms with Crippen LogP contribution in [0.15, 0.2) is 18.2 Å². The fraction of sp³-hybridized carbons (Fsp3) is 0.650. The number of amides is 1. The molecule has 4 rings (SSSR count). The fourth-order valence-corrected chi connectivity index (χ4v) is 5.54. The Balaban J connectivity index is 1.77. The Labute approximate surface area is 144 Å². The van der Waals surface area contributed by atoms with Gasteiger partial charge in [-0.2, -0.15) is 0 Å². The summed E-state index contributed by atoms with van der Waals surface area (Å²) in [4.78, 5) is 14.5. The summed E-state index contributed by atoms with van der Waals surface area (Å²) < 4.78 is 10.8. The van der Waals surface area contributed by atoms with Crippen LogP contribution in [0, 0.1) is 5.92 Å². The lowest BCUT2D eigenvalue weighted by atomic mass is 9.52. The Morgan fingerprint density at radius 2 is 2.21 bits per heavy atom. The van der Waals surface area contributed by atoms with Gasteiger partial charge in [-0.25, -0.2) is 4.79 Å². The SMILES string of the molecule is CCOC(=O)N1CC[C@@]23CCCC[C@@H]2[C@@H]1Cc1ccc(OC)cc13. The second-order valence-corrected chi connectivity index (χ2v) is 7.45. The molecule has 1 saturated carbocycles. The third kappa shape index (κ3) is 2.22. The zero-order chi connectivity index (χ0) is 16.7. The highest BCUT2D eigenvalue weighted by Gasteiger charge is 2.55. The Kier molecular flexibility index (Phi) is 3.93. The van der Waals surface area contributed by atoms with Crippen LogP contribution in [0.25, 0.3) is 0 Å². The van der Waals surface area contributed by atoms with Crippen molar-refractivity contribution in [2.75, 3.05) is 20.3 Å². The molecule has 1 heterocycles. The summed E-state index contributed by atoms with van der Waals surface area (Å²) in [5, 5.41) is 0. The maximum atomic E-state index is 12.5. The van der Waals surface area contributed by atoms with E-state index in [1.54, 1.807) is 7.11 Å². The summed E-state index contributed by atoms with van der Waals surface area (Å²) in [6.45, 7) is 3.15. The summed E-state index contributed by atoms with van der Waals surface area (Å²) in [6, 6.07) is 6.83. The van der Waals surface area contributed by atoms with Gasteiger partial charge in [-0.3, -0.25) is 0 Å². The molecule has 0 spiro atoms. The monoisotopic (exact) mass is 329 g/mol. The summed E-state index contributed by atoms with van der Waals surface area (Å²) in [5.41, 5.74) is 3.12. The third-order valence-corrected chi connectivity index (χ3v) is 6.55. The summed E-state index contributed by atoms with van der Waals surface area (Å²) in [6.07, 6.45) is 6.90. The minimum atomic E-state index is -0.126. The van der Waals surface area contributed by atoms with Crippen LogP contribution in [-0.2, 0) is 16.6 Å². The summed E-state index contributed by atoms with van der Waals surface area (Å²) in [5.74, 6) is 1.52. The van der Waals surface area contributed by atoms with Gasteiger partial charge in [-0.15, -0.1) is 0 Å². The minimum Gasteiger partial charge on any atom is -0.497 e. The van der Waals surface area contributed by atoms with Crippen molar-refractivity contribution in [2.24, 2.45) is 5.92 Å². The molecule has 0 radical (unpaired) electrons. The van der Waals surface area contributed by atoms with Crippen molar-refractivity contribution < 1.29 is 14.3 Å². The molecule has 2 aliphatic carbocycles. The molecule has 0 N–H and O–H groups in total. The molecule has 4 heteroatoms. The Bertz CT molecular complexity index is 644. The molecular weight excluding hydrogens is 302 g/mol. The van der Waals surface area contributed by atoms with E-state index in [9.17, 15) is 4.79 Å². The number of hydrogen-bond acceptors (Lipinski definition) is 3. The first kappa shape index (κ1) is 15.8. The van der Waals surface area contributed by atoms with Crippen LogP contribution < -0.4 is 4.74 Å². The average Bonchev–Trinajstić information content (AvgIpc) is 2.61. The van der Waals surface area contributed by atoms with E-state index in [1.807, 2.05) is 11.8 Å². The topological polar surface area (TPSA) is 38.8 Å². The van der Waals surface area contributed by atoms with Crippen molar-refractivity contribution >= 4 is 6.09 Å². The van der Waals surface area contributed by atoms with E-state index in [4.69, 9.17) is 9.47 Å². The zero-order valence-corrected chi connectivity index (χ0v) is 14.7. The number of nitrogens with zero attached hydrogens (tertiary/aromatic N) is 1. The van der Waals surface area contributed by atoms with E-state index in [-0.39, 0.29) is 11.5 Å². The molecule has 1 aliphatic heterocycles. The molecule has 1 aromatic rings. The maximum Gasteiger partial charge on any atom is 0.410 e. The normalized spacial score (nSPS) is 31.0. The van der Waals surface area contributed by atoms with Crippen molar-refractivity contribution in [1.82, 2.24) is 4.90 Å². The number of hydrogen-bond donors (Lipinski definition) is 0. The van der Waals surface area contributed by atoms with E-state index >= 15 is 0 Å². The van der Waals surface area contributed by atoms with E-state index < -0.39 is 0 Å². The Morgan fingerprint density at radius 3 is 3.00 bits per heavy atom. The number of carbonyl (C=O) groups excluding carboxylic acids is 1. The van der Waals surface area contributed by atoms with E-state index in [0.717, 1.165) is 25.1 Å². The van der Waals surface area contributed by atoms with Gasteiger partial charge >= 0.3 is 6.09 Å². The molecule has 3 aliphatic rings. The van der Waals surface area contributed by atoms with Crippen molar-refractivity contribution in [2.45, 2.75) is 56.9 Å². The van der Waals surface area contributed by atoms with Crippen molar-refractivity contribution in [3.05, 3.63) is 29.3 Å². The van der Waals surface area contributed by atoms with Crippen LogP contribution in [0.4, 0.5) is 4.79 Å². The smallest absolute Gasteiger partial charge is 0.410 e. The molecule has 4 nitrogen and oxygen atoms in total. The molecule has 0 aromatic heterocycles. The molecule has 0 unspecified atom stereocenters. The highest BCUT2D eigenvalue weighted by molar-refractivity contribution is 5.69. The van der Waals surface area contributed by atoms with E-state index in [1.165, 1.54) is 36.8 Å². The molecule has 2 bridgehead atoms. The second kappa shape index (κ2) is 5.98. The standard InChI is InChI=1S/C20H27NO3/c1-3-24-19(22)21-11-10-20-9-5-4-6-16(20)18(21)12-14-7-8-15(23-2)13-17(14)20/h7-8,13,16,18H,3-6,9-12H2,1-2H3/t16-,18+,20+/m1/s1. The maximum absolute atomic E-state index is 12.5. The number of ether oxygens (including phenoxy) is 2. The van der Waals surface area contributed by atoms with Gasteiger partial charge in [0.1, 0.15) is 5.75 Å². The Hall–Kier alpha value is -1.71. The average molecular weight is 329 g/mol. The number of likely N-dealkylation sites (tertiary alicyclic amines) is 1. The summed E-state index contributed by atoms with van der Waals surface area (Å²) >= 11 is 0. The summed E-state index contributed by atoms with van der Waals surface area (Å²) in [7, 11) is 1.74. The first-order valence-electron chi connectivity index (χ1n) is 9.30. The van der Waals surface area contributed by atoms with E-state index in [2.05, 4.69) is 18.2 Å². The van der Waals surface area contributed by atoms with Gasteiger partial charge in [0.2, 0.25) is 0 Å². The van der Waals surface area contributed by atoms with Crippen LogP contribution in [0.3, 0.4) is 0 Å². The second-order valence-electron chi connectivity index (χ2n) is 7.45. The van der Waals surface area contributed by atoms with Crippen LogP contribution in [0.5, 0.6) is 5.75 Å². The van der Waals surface area contributed by atoms with Crippen LogP contribution in [0.2, 0.25) is 0 Å². The largest absolute Gasteiger partial charge is 0.497 e.